The molecule has 3 heteroatoms. The van der Waals surface area contributed by atoms with E-state index in [-0.39, 0.29) is 11.5 Å². The number of likely N-dealkylation sites (N-methyl/N-ethyl adjacent to an activating group) is 1. The number of rotatable bonds is 1. The Balaban J connectivity index is 2.02. The first-order valence-corrected chi connectivity index (χ1v) is 6.99. The van der Waals surface area contributed by atoms with Gasteiger partial charge < -0.3 is 15.1 Å². The highest BCUT2D eigenvalue weighted by Crippen LogP contribution is 2.44. The predicted octanol–water partition coefficient (Wildman–Crippen LogP) is 2.61. The Bertz CT molecular complexity index is 458. The second kappa shape index (κ2) is 4.47. The van der Waals surface area contributed by atoms with Crippen molar-refractivity contribution in [2.24, 2.45) is 0 Å². The third-order valence-electron chi connectivity index (χ3n) is 4.64. The average molecular weight is 247 g/mol. The van der Waals surface area contributed by atoms with E-state index in [1.54, 1.807) is 0 Å². The highest BCUT2D eigenvalue weighted by molar-refractivity contribution is 5.49. The molecule has 1 aromatic rings. The van der Waals surface area contributed by atoms with Crippen molar-refractivity contribution in [3.63, 3.8) is 0 Å². The van der Waals surface area contributed by atoms with Crippen molar-refractivity contribution in [1.29, 1.82) is 0 Å². The molecule has 18 heavy (non-hydrogen) atoms. The zero-order valence-electron chi connectivity index (χ0n) is 10.9. The van der Waals surface area contributed by atoms with Crippen molar-refractivity contribution in [2.75, 3.05) is 13.1 Å². The maximum atomic E-state index is 9.98. The molecule has 1 heterocycles. The smallest absolute Gasteiger partial charge is 0.122 e. The molecule has 98 valence electrons. The van der Waals surface area contributed by atoms with Crippen molar-refractivity contribution >= 4 is 0 Å². The molecular formula is C15H21NO2. The van der Waals surface area contributed by atoms with Gasteiger partial charge in [0.1, 0.15) is 11.5 Å². The van der Waals surface area contributed by atoms with Gasteiger partial charge in [0.2, 0.25) is 0 Å². The molecule has 1 saturated heterocycles. The van der Waals surface area contributed by atoms with Gasteiger partial charge in [-0.25, -0.2) is 0 Å². The second-order valence-electron chi connectivity index (χ2n) is 5.52. The lowest BCUT2D eigenvalue weighted by Crippen LogP contribution is -2.46. The van der Waals surface area contributed by atoms with Crippen LogP contribution in [0, 0.1) is 0 Å². The molecule has 3 rings (SSSR count). The summed E-state index contributed by atoms with van der Waals surface area (Å²) in [6, 6.07) is 3.93. The van der Waals surface area contributed by atoms with Gasteiger partial charge in [0.05, 0.1) is 0 Å². The number of hydrogen-bond acceptors (Lipinski definition) is 3. The van der Waals surface area contributed by atoms with E-state index in [9.17, 15) is 10.2 Å². The van der Waals surface area contributed by atoms with E-state index in [1.165, 1.54) is 31.0 Å². The Labute approximate surface area is 108 Å². The highest BCUT2D eigenvalue weighted by atomic mass is 16.3. The molecular weight excluding hydrogens is 226 g/mol. The van der Waals surface area contributed by atoms with E-state index >= 15 is 0 Å². The van der Waals surface area contributed by atoms with Crippen LogP contribution in [0.3, 0.4) is 0 Å². The summed E-state index contributed by atoms with van der Waals surface area (Å²) in [5, 5.41) is 19.7. The molecule has 2 atom stereocenters. The van der Waals surface area contributed by atoms with Crippen LogP contribution in [0.4, 0.5) is 0 Å². The molecule has 2 aliphatic rings. The third kappa shape index (κ3) is 1.77. The SMILES string of the molecule is CCN1CCC[C@@H]2c3cc(O)cc(O)c3CC[C@@H]21. The number of aromatic hydroxyl groups is 2. The van der Waals surface area contributed by atoms with Gasteiger partial charge in [0, 0.05) is 18.0 Å². The fourth-order valence-electron chi connectivity index (χ4n) is 3.82. The maximum absolute atomic E-state index is 9.98. The van der Waals surface area contributed by atoms with Gasteiger partial charge in [-0.05, 0) is 56.0 Å². The van der Waals surface area contributed by atoms with Crippen molar-refractivity contribution in [3.05, 3.63) is 23.3 Å². The molecule has 0 aromatic heterocycles. The summed E-state index contributed by atoms with van der Waals surface area (Å²) in [4.78, 5) is 2.55. The van der Waals surface area contributed by atoms with E-state index in [0.29, 0.717) is 12.0 Å². The van der Waals surface area contributed by atoms with Crippen LogP contribution < -0.4 is 0 Å². The molecule has 0 spiro atoms. The quantitative estimate of drug-likeness (QED) is 0.801. The first-order chi connectivity index (χ1) is 8.70. The fraction of sp³-hybridized carbons (Fsp3) is 0.600. The zero-order valence-corrected chi connectivity index (χ0v) is 10.9. The van der Waals surface area contributed by atoms with Crippen LogP contribution >= 0.6 is 0 Å². The number of hydrogen-bond donors (Lipinski definition) is 2. The van der Waals surface area contributed by atoms with Gasteiger partial charge in [0.15, 0.2) is 0 Å². The van der Waals surface area contributed by atoms with Crippen molar-refractivity contribution in [3.8, 4) is 11.5 Å². The Kier molecular flexibility index (Phi) is 2.94. The molecule has 1 aliphatic carbocycles. The van der Waals surface area contributed by atoms with Gasteiger partial charge in [-0.3, -0.25) is 0 Å². The summed E-state index contributed by atoms with van der Waals surface area (Å²) in [6.45, 7) is 4.51. The Morgan fingerprint density at radius 1 is 1.28 bits per heavy atom. The number of phenols is 2. The Morgan fingerprint density at radius 2 is 2.11 bits per heavy atom. The molecule has 2 N–H and O–H groups in total. The molecule has 0 saturated carbocycles. The molecule has 0 unspecified atom stereocenters. The normalized spacial score (nSPS) is 27.6. The fourth-order valence-corrected chi connectivity index (χ4v) is 3.82. The van der Waals surface area contributed by atoms with Gasteiger partial charge in [-0.2, -0.15) is 0 Å². The first kappa shape index (κ1) is 11.8. The van der Waals surface area contributed by atoms with Crippen molar-refractivity contribution in [2.45, 2.75) is 44.6 Å². The number of fused-ring (bicyclic) bond motifs is 3. The summed E-state index contributed by atoms with van der Waals surface area (Å²) in [5.41, 5.74) is 2.24. The zero-order chi connectivity index (χ0) is 12.7. The minimum absolute atomic E-state index is 0.195. The molecule has 0 radical (unpaired) electrons. The standard InChI is InChI=1S/C15H21NO2/c1-2-16-7-3-4-11-13-8-10(17)9-15(18)12(13)5-6-14(11)16/h8-9,11,14,17-18H,2-7H2,1H3/t11-,14+/m1/s1. The van der Waals surface area contributed by atoms with E-state index in [0.717, 1.165) is 24.9 Å². The lowest BCUT2D eigenvalue weighted by molar-refractivity contribution is 0.118. The minimum atomic E-state index is 0.195. The summed E-state index contributed by atoms with van der Waals surface area (Å²) in [6.07, 6.45) is 4.45. The monoisotopic (exact) mass is 247 g/mol. The van der Waals surface area contributed by atoms with Crippen molar-refractivity contribution in [1.82, 2.24) is 4.90 Å². The summed E-state index contributed by atoms with van der Waals surface area (Å²) >= 11 is 0. The summed E-state index contributed by atoms with van der Waals surface area (Å²) < 4.78 is 0. The molecule has 1 fully saturated rings. The summed E-state index contributed by atoms with van der Waals surface area (Å²) in [5.74, 6) is 0.957. The average Bonchev–Trinajstić information content (AvgIpc) is 2.37. The summed E-state index contributed by atoms with van der Waals surface area (Å²) in [7, 11) is 0. The largest absolute Gasteiger partial charge is 0.508 e. The second-order valence-corrected chi connectivity index (χ2v) is 5.52. The Morgan fingerprint density at radius 3 is 2.89 bits per heavy atom. The van der Waals surface area contributed by atoms with Gasteiger partial charge >= 0.3 is 0 Å². The van der Waals surface area contributed by atoms with Gasteiger partial charge in [0.25, 0.3) is 0 Å². The number of phenolic OH excluding ortho intramolecular Hbond substituents is 2. The lowest BCUT2D eigenvalue weighted by Gasteiger charge is -2.44. The molecule has 3 nitrogen and oxygen atoms in total. The van der Waals surface area contributed by atoms with Crippen LogP contribution in [0.2, 0.25) is 0 Å². The van der Waals surface area contributed by atoms with Gasteiger partial charge in [-0.15, -0.1) is 0 Å². The van der Waals surface area contributed by atoms with Crippen LogP contribution in [0.1, 0.15) is 43.2 Å². The lowest BCUT2D eigenvalue weighted by atomic mass is 9.74. The van der Waals surface area contributed by atoms with E-state index in [2.05, 4.69) is 11.8 Å². The number of nitrogens with zero attached hydrogens (tertiary/aromatic N) is 1. The predicted molar refractivity (Wildman–Crippen MR) is 71.1 cm³/mol. The molecule has 0 bridgehead atoms. The van der Waals surface area contributed by atoms with Crippen LogP contribution in [-0.2, 0) is 6.42 Å². The molecule has 1 aromatic carbocycles. The molecule has 0 amide bonds. The van der Waals surface area contributed by atoms with Gasteiger partial charge in [-0.1, -0.05) is 6.92 Å². The maximum Gasteiger partial charge on any atom is 0.122 e. The van der Waals surface area contributed by atoms with E-state index in [4.69, 9.17) is 0 Å². The molecule has 1 aliphatic heterocycles. The van der Waals surface area contributed by atoms with E-state index < -0.39 is 0 Å². The number of likely N-dealkylation sites (tertiary alicyclic amines) is 1. The minimum Gasteiger partial charge on any atom is -0.508 e. The number of benzene rings is 1. The van der Waals surface area contributed by atoms with Crippen LogP contribution in [0.5, 0.6) is 11.5 Å². The van der Waals surface area contributed by atoms with E-state index in [1.807, 2.05) is 6.07 Å². The highest BCUT2D eigenvalue weighted by Gasteiger charge is 2.36. The van der Waals surface area contributed by atoms with Crippen LogP contribution in [0.15, 0.2) is 12.1 Å². The number of piperidine rings is 1. The van der Waals surface area contributed by atoms with Crippen molar-refractivity contribution < 1.29 is 10.2 Å². The topological polar surface area (TPSA) is 43.7 Å². The van der Waals surface area contributed by atoms with Crippen LogP contribution in [0.25, 0.3) is 0 Å². The first-order valence-electron chi connectivity index (χ1n) is 6.99. The Hall–Kier alpha value is -1.22. The van der Waals surface area contributed by atoms with Crippen LogP contribution in [-0.4, -0.2) is 34.2 Å². The third-order valence-corrected chi connectivity index (χ3v) is 4.64.